The van der Waals surface area contributed by atoms with Gasteiger partial charge in [0.15, 0.2) is 5.78 Å². The molecular weight excluding hydrogens is 470 g/mol. The summed E-state index contributed by atoms with van der Waals surface area (Å²) in [5, 5.41) is 3.05. The van der Waals surface area contributed by atoms with E-state index in [2.05, 4.69) is 28.4 Å². The van der Waals surface area contributed by atoms with Crippen LogP contribution >= 0.6 is 0 Å². The number of allylic oxidation sites excluding steroid dienone is 2. The molecule has 1 amide bonds. The highest BCUT2D eigenvalue weighted by molar-refractivity contribution is 6.03. The van der Waals surface area contributed by atoms with Crippen molar-refractivity contribution in [2.75, 3.05) is 26.2 Å². The third-order valence-corrected chi connectivity index (χ3v) is 7.97. The normalized spacial score (nSPS) is 20.8. The number of Topliss-reactive ketones (excluding diaryl/α,β-unsaturated/α-hetero) is 1. The molecule has 0 saturated carbocycles. The molecule has 5 nitrogen and oxygen atoms in total. The van der Waals surface area contributed by atoms with Crippen LogP contribution in [-0.2, 0) is 17.6 Å². The molecule has 3 aromatic rings. The van der Waals surface area contributed by atoms with E-state index in [1.165, 1.54) is 24.8 Å². The Kier molecular flexibility index (Phi) is 8.44. The average Bonchev–Trinajstić information content (AvgIpc) is 2.96. The average molecular weight is 508 g/mol. The predicted molar refractivity (Wildman–Crippen MR) is 151 cm³/mol. The smallest absolute Gasteiger partial charge is 0.251 e. The van der Waals surface area contributed by atoms with E-state index in [1.54, 1.807) is 6.20 Å². The van der Waals surface area contributed by atoms with E-state index in [0.717, 1.165) is 48.4 Å². The van der Waals surface area contributed by atoms with Gasteiger partial charge in [-0.15, -0.1) is 0 Å². The number of benzene rings is 2. The molecule has 196 valence electrons. The number of amides is 1. The van der Waals surface area contributed by atoms with Gasteiger partial charge in [-0.05, 0) is 86.2 Å². The Morgan fingerprint density at radius 1 is 0.921 bits per heavy atom. The van der Waals surface area contributed by atoms with Gasteiger partial charge < -0.3 is 10.2 Å². The van der Waals surface area contributed by atoms with E-state index in [0.29, 0.717) is 18.5 Å². The highest BCUT2D eigenvalue weighted by Gasteiger charge is 2.38. The Morgan fingerprint density at radius 2 is 1.63 bits per heavy atom. The second-order valence-electron chi connectivity index (χ2n) is 10.4. The summed E-state index contributed by atoms with van der Waals surface area (Å²) >= 11 is 0. The maximum Gasteiger partial charge on any atom is 0.251 e. The van der Waals surface area contributed by atoms with Crippen LogP contribution in [0.5, 0.6) is 0 Å². The van der Waals surface area contributed by atoms with E-state index in [4.69, 9.17) is 4.98 Å². The van der Waals surface area contributed by atoms with Crippen molar-refractivity contribution in [2.24, 2.45) is 0 Å². The van der Waals surface area contributed by atoms with Crippen LogP contribution in [-0.4, -0.2) is 47.8 Å². The van der Waals surface area contributed by atoms with E-state index in [-0.39, 0.29) is 23.5 Å². The largest absolute Gasteiger partial charge is 0.351 e. The first-order valence-corrected chi connectivity index (χ1v) is 13.9. The lowest BCUT2D eigenvalue weighted by Crippen LogP contribution is -2.37. The Hall–Kier alpha value is -3.57. The van der Waals surface area contributed by atoms with Crippen molar-refractivity contribution in [3.05, 3.63) is 113 Å². The molecule has 2 heterocycles. The number of fused-ring (bicyclic) bond motifs is 1. The number of pyridine rings is 1. The molecule has 2 aromatic carbocycles. The zero-order valence-electron chi connectivity index (χ0n) is 22.2. The number of nitrogens with one attached hydrogen (secondary N) is 1. The number of hydrogen-bond acceptors (Lipinski definition) is 4. The minimum absolute atomic E-state index is 0.00542. The molecular formula is C33H37N3O2. The van der Waals surface area contributed by atoms with E-state index >= 15 is 0 Å². The fraction of sp³-hybridized carbons (Fsp3) is 0.364. The second-order valence-corrected chi connectivity index (χ2v) is 10.4. The number of carbonyl (C=O) groups is 2. The summed E-state index contributed by atoms with van der Waals surface area (Å²) < 4.78 is 0. The lowest BCUT2D eigenvalue weighted by molar-refractivity contribution is -0.117. The molecule has 2 atom stereocenters. The van der Waals surface area contributed by atoms with Crippen molar-refractivity contribution < 1.29 is 9.59 Å². The Balaban J connectivity index is 1.28. The number of piperidine rings is 1. The molecule has 1 saturated heterocycles. The molecule has 38 heavy (non-hydrogen) atoms. The van der Waals surface area contributed by atoms with Crippen molar-refractivity contribution in [3.63, 3.8) is 0 Å². The predicted octanol–water partition coefficient (Wildman–Crippen LogP) is 5.48. The minimum Gasteiger partial charge on any atom is -0.351 e. The third kappa shape index (κ3) is 5.94. The van der Waals surface area contributed by atoms with Gasteiger partial charge in [-0.3, -0.25) is 14.6 Å². The van der Waals surface area contributed by atoms with E-state index < -0.39 is 0 Å². The van der Waals surface area contributed by atoms with Crippen LogP contribution in [0.25, 0.3) is 0 Å². The van der Waals surface area contributed by atoms with Crippen LogP contribution < -0.4 is 5.32 Å². The quantitative estimate of drug-likeness (QED) is 0.410. The van der Waals surface area contributed by atoms with Gasteiger partial charge in [-0.25, -0.2) is 0 Å². The molecule has 1 fully saturated rings. The fourth-order valence-electron chi connectivity index (χ4n) is 5.92. The summed E-state index contributed by atoms with van der Waals surface area (Å²) in [4.78, 5) is 33.6. The van der Waals surface area contributed by atoms with Gasteiger partial charge in [0.05, 0.1) is 11.6 Å². The molecule has 1 aliphatic heterocycles. The number of carbonyl (C=O) groups excluding carboxylic acids is 2. The monoisotopic (exact) mass is 507 g/mol. The van der Waals surface area contributed by atoms with Crippen molar-refractivity contribution in [3.8, 4) is 0 Å². The van der Waals surface area contributed by atoms with Crippen LogP contribution in [0.4, 0.5) is 0 Å². The van der Waals surface area contributed by atoms with Gasteiger partial charge in [-0.1, -0.05) is 61.0 Å². The molecule has 1 aromatic heterocycles. The first kappa shape index (κ1) is 26.1. The van der Waals surface area contributed by atoms with Gasteiger partial charge >= 0.3 is 0 Å². The maximum atomic E-state index is 13.8. The molecule has 0 radical (unpaired) electrons. The van der Waals surface area contributed by atoms with E-state index in [1.807, 2.05) is 61.5 Å². The molecule has 2 aliphatic rings. The number of ketones is 1. The second kappa shape index (κ2) is 12.3. The Labute approximate surface area is 226 Å². The van der Waals surface area contributed by atoms with E-state index in [9.17, 15) is 9.59 Å². The van der Waals surface area contributed by atoms with Gasteiger partial charge in [0.1, 0.15) is 0 Å². The topological polar surface area (TPSA) is 62.3 Å². The number of rotatable bonds is 8. The van der Waals surface area contributed by atoms with Crippen LogP contribution in [0.1, 0.15) is 70.8 Å². The molecule has 2 unspecified atom stereocenters. The summed E-state index contributed by atoms with van der Waals surface area (Å²) in [5.41, 5.74) is 5.77. The summed E-state index contributed by atoms with van der Waals surface area (Å²) in [6.07, 6.45) is 8.93. The molecule has 1 aliphatic carbocycles. The Bertz CT molecular complexity index is 1280. The summed E-state index contributed by atoms with van der Waals surface area (Å²) in [7, 11) is 0. The SMILES string of the molecule is C/C=C1\C(=O)C(Cc2ccc(C(=O)NCCN3CCCCC3)cc2)c2ncccc2C1Cc1ccccc1. The molecule has 1 N–H and O–H groups in total. The standard InChI is InChI=1S/C33H37N3O2/c1-2-27-29(22-24-10-5-3-6-11-24)28-12-9-17-34-31(28)30(32(27)37)23-25-13-15-26(16-14-25)33(38)35-18-21-36-19-7-4-8-20-36/h2-3,5-6,9-17,29-30H,4,7-8,18-23H2,1H3,(H,35,38)/b27-2-. The van der Waals surface area contributed by atoms with Crippen molar-refractivity contribution in [1.82, 2.24) is 15.2 Å². The number of nitrogens with zero attached hydrogens (tertiary/aromatic N) is 2. The minimum atomic E-state index is -0.325. The fourth-order valence-corrected chi connectivity index (χ4v) is 5.92. The zero-order chi connectivity index (χ0) is 26.3. The van der Waals surface area contributed by atoms with Gasteiger partial charge in [0, 0.05) is 30.8 Å². The van der Waals surface area contributed by atoms with Gasteiger partial charge in [0.2, 0.25) is 0 Å². The maximum absolute atomic E-state index is 13.8. The lowest BCUT2D eigenvalue weighted by Gasteiger charge is -2.32. The highest BCUT2D eigenvalue weighted by Crippen LogP contribution is 2.42. The first-order chi connectivity index (χ1) is 18.6. The number of likely N-dealkylation sites (tertiary alicyclic amines) is 1. The summed E-state index contributed by atoms with van der Waals surface area (Å²) in [6, 6.07) is 22.1. The van der Waals surface area contributed by atoms with Gasteiger partial charge in [-0.2, -0.15) is 0 Å². The number of aromatic nitrogens is 1. The lowest BCUT2D eigenvalue weighted by atomic mass is 9.71. The number of hydrogen-bond donors (Lipinski definition) is 1. The zero-order valence-corrected chi connectivity index (χ0v) is 22.2. The van der Waals surface area contributed by atoms with Crippen LogP contribution in [0.15, 0.2) is 84.6 Å². The highest BCUT2D eigenvalue weighted by atomic mass is 16.1. The van der Waals surface area contributed by atoms with Crippen LogP contribution in [0.2, 0.25) is 0 Å². The molecule has 0 bridgehead atoms. The summed E-state index contributed by atoms with van der Waals surface area (Å²) in [5.74, 6) is -0.215. The van der Waals surface area contributed by atoms with Gasteiger partial charge in [0.25, 0.3) is 5.91 Å². The third-order valence-electron chi connectivity index (χ3n) is 7.97. The molecule has 5 rings (SSSR count). The van der Waals surface area contributed by atoms with Crippen LogP contribution in [0.3, 0.4) is 0 Å². The van der Waals surface area contributed by atoms with Crippen molar-refractivity contribution >= 4 is 11.7 Å². The Morgan fingerprint density at radius 3 is 2.37 bits per heavy atom. The molecule has 5 heteroatoms. The molecule has 0 spiro atoms. The first-order valence-electron chi connectivity index (χ1n) is 13.9. The summed E-state index contributed by atoms with van der Waals surface area (Å²) in [6.45, 7) is 5.78. The van der Waals surface area contributed by atoms with Crippen molar-refractivity contribution in [1.29, 1.82) is 0 Å². The van der Waals surface area contributed by atoms with Crippen LogP contribution in [0, 0.1) is 0 Å². The van der Waals surface area contributed by atoms with Crippen molar-refractivity contribution in [2.45, 2.75) is 50.9 Å².